The lowest BCUT2D eigenvalue weighted by Gasteiger charge is -2.32. The number of hydrogen-bond acceptors (Lipinski definition) is 7. The Morgan fingerprint density at radius 3 is 2.45 bits per heavy atom. The van der Waals surface area contributed by atoms with E-state index in [0.717, 1.165) is 16.1 Å². The maximum Gasteiger partial charge on any atom is 0.266 e. The number of aliphatic imine (C=N–C) groups is 1. The number of carbonyl (C=O) groups is 1. The number of rotatable bonds is 14. The topological polar surface area (TPSA) is 141 Å². The van der Waals surface area contributed by atoms with Crippen molar-refractivity contribution in [3.8, 4) is 5.75 Å². The SMILES string of the molecule is [N-]=[N+]=NCc1ccccc1[C@@H]1OC(c2ccc(OCCCO)cc2)=N[C@]1(Cc1ccccc1Br)C(=O)NNCc1cc(F)cc(F)c1. The highest BCUT2D eigenvalue weighted by Crippen LogP contribution is 2.44. The lowest BCUT2D eigenvalue weighted by molar-refractivity contribution is -0.130. The Labute approximate surface area is 278 Å². The Morgan fingerprint density at radius 1 is 1.04 bits per heavy atom. The van der Waals surface area contributed by atoms with Crippen LogP contribution >= 0.6 is 15.9 Å². The van der Waals surface area contributed by atoms with Gasteiger partial charge in [-0.15, -0.1) is 0 Å². The summed E-state index contributed by atoms with van der Waals surface area (Å²) in [4.78, 5) is 22.3. The molecule has 10 nitrogen and oxygen atoms in total. The molecule has 0 bridgehead atoms. The number of azide groups is 1. The predicted molar refractivity (Wildman–Crippen MR) is 175 cm³/mol. The van der Waals surface area contributed by atoms with Crippen LogP contribution in [-0.4, -0.2) is 35.7 Å². The van der Waals surface area contributed by atoms with Crippen LogP contribution in [0.2, 0.25) is 0 Å². The minimum Gasteiger partial charge on any atom is -0.494 e. The van der Waals surface area contributed by atoms with Crippen LogP contribution in [0.25, 0.3) is 10.4 Å². The van der Waals surface area contributed by atoms with Crippen molar-refractivity contribution in [2.24, 2.45) is 10.1 Å². The Hall–Kier alpha value is -4.81. The number of nitrogens with zero attached hydrogens (tertiary/aromatic N) is 4. The third-order valence-corrected chi connectivity index (χ3v) is 8.28. The van der Waals surface area contributed by atoms with Crippen molar-refractivity contribution in [2.45, 2.75) is 37.6 Å². The zero-order valence-electron chi connectivity index (χ0n) is 25.1. The summed E-state index contributed by atoms with van der Waals surface area (Å²) in [5.41, 5.74) is 15.8. The summed E-state index contributed by atoms with van der Waals surface area (Å²) in [6.45, 7) is 0.305. The van der Waals surface area contributed by atoms with Crippen molar-refractivity contribution in [1.29, 1.82) is 0 Å². The Balaban J connectivity index is 1.57. The van der Waals surface area contributed by atoms with Crippen LogP contribution in [-0.2, 0) is 29.0 Å². The molecule has 0 aromatic heterocycles. The number of aliphatic hydroxyl groups is 1. The first-order valence-corrected chi connectivity index (χ1v) is 15.5. The third kappa shape index (κ3) is 8.13. The number of amides is 1. The van der Waals surface area contributed by atoms with Gasteiger partial charge in [-0.05, 0) is 70.2 Å². The molecule has 242 valence electrons. The number of aliphatic hydroxyl groups excluding tert-OH is 1. The zero-order valence-corrected chi connectivity index (χ0v) is 26.7. The summed E-state index contributed by atoms with van der Waals surface area (Å²) in [6, 6.07) is 24.8. The van der Waals surface area contributed by atoms with Gasteiger partial charge in [-0.3, -0.25) is 10.2 Å². The van der Waals surface area contributed by atoms with Crippen molar-refractivity contribution in [2.75, 3.05) is 13.2 Å². The lowest BCUT2D eigenvalue weighted by Crippen LogP contribution is -2.53. The van der Waals surface area contributed by atoms with Gasteiger partial charge in [-0.1, -0.05) is 63.5 Å². The highest BCUT2D eigenvalue weighted by Gasteiger charge is 2.54. The van der Waals surface area contributed by atoms with Gasteiger partial charge in [0, 0.05) is 47.0 Å². The van der Waals surface area contributed by atoms with Gasteiger partial charge in [0.1, 0.15) is 17.4 Å². The maximum absolute atomic E-state index is 14.4. The first-order valence-electron chi connectivity index (χ1n) is 14.7. The maximum atomic E-state index is 14.4. The minimum atomic E-state index is -1.61. The van der Waals surface area contributed by atoms with Gasteiger partial charge >= 0.3 is 0 Å². The van der Waals surface area contributed by atoms with E-state index in [9.17, 15) is 13.6 Å². The summed E-state index contributed by atoms with van der Waals surface area (Å²) < 4.78 is 40.7. The second kappa shape index (κ2) is 15.7. The molecule has 0 saturated carbocycles. The van der Waals surface area contributed by atoms with E-state index in [4.69, 9.17) is 25.1 Å². The van der Waals surface area contributed by atoms with Gasteiger partial charge in [0.15, 0.2) is 11.6 Å². The van der Waals surface area contributed by atoms with Crippen LogP contribution in [0.4, 0.5) is 8.78 Å². The van der Waals surface area contributed by atoms with Crippen LogP contribution in [0.5, 0.6) is 5.75 Å². The van der Waals surface area contributed by atoms with E-state index < -0.39 is 29.2 Å². The van der Waals surface area contributed by atoms with Crippen molar-refractivity contribution in [3.05, 3.63) is 145 Å². The fraction of sp³-hybridized carbons (Fsp3) is 0.235. The number of halogens is 3. The smallest absolute Gasteiger partial charge is 0.266 e. The molecule has 1 aliphatic heterocycles. The summed E-state index contributed by atoms with van der Waals surface area (Å²) >= 11 is 3.60. The molecule has 4 aromatic rings. The van der Waals surface area contributed by atoms with Crippen molar-refractivity contribution in [3.63, 3.8) is 0 Å². The Morgan fingerprint density at radius 2 is 1.74 bits per heavy atom. The molecular formula is C34H31BrF2N6O4. The van der Waals surface area contributed by atoms with Crippen LogP contribution in [0, 0.1) is 11.6 Å². The van der Waals surface area contributed by atoms with E-state index in [2.05, 4.69) is 36.8 Å². The predicted octanol–water partition coefficient (Wildman–Crippen LogP) is 6.62. The van der Waals surface area contributed by atoms with E-state index >= 15 is 0 Å². The van der Waals surface area contributed by atoms with Crippen LogP contribution in [0.1, 0.15) is 40.3 Å². The average molecular weight is 706 g/mol. The molecule has 0 saturated heterocycles. The van der Waals surface area contributed by atoms with Crippen LogP contribution < -0.4 is 15.6 Å². The molecule has 0 unspecified atom stereocenters. The molecule has 1 amide bonds. The monoisotopic (exact) mass is 704 g/mol. The molecule has 0 aliphatic carbocycles. The minimum absolute atomic E-state index is 0.0118. The average Bonchev–Trinajstić information content (AvgIpc) is 3.45. The molecule has 0 spiro atoms. The Kier molecular flexibility index (Phi) is 11.2. The number of nitrogens with one attached hydrogen (secondary N) is 2. The summed E-state index contributed by atoms with van der Waals surface area (Å²) in [6.07, 6.45) is -0.407. The molecule has 1 heterocycles. The fourth-order valence-corrected chi connectivity index (χ4v) is 5.71. The summed E-state index contributed by atoms with van der Waals surface area (Å²) in [5, 5.41) is 12.8. The van der Waals surface area contributed by atoms with Crippen LogP contribution in [0.3, 0.4) is 0 Å². The first-order chi connectivity index (χ1) is 22.8. The molecule has 0 radical (unpaired) electrons. The number of benzene rings is 4. The van der Waals surface area contributed by atoms with Gasteiger partial charge in [-0.2, -0.15) is 0 Å². The molecule has 1 aliphatic rings. The zero-order chi connectivity index (χ0) is 33.2. The van der Waals surface area contributed by atoms with Gasteiger partial charge < -0.3 is 14.6 Å². The van der Waals surface area contributed by atoms with Crippen molar-refractivity contribution < 1.29 is 28.2 Å². The van der Waals surface area contributed by atoms with Crippen molar-refractivity contribution >= 4 is 27.7 Å². The van der Waals surface area contributed by atoms with E-state index in [1.165, 1.54) is 12.1 Å². The third-order valence-electron chi connectivity index (χ3n) is 7.51. The van der Waals surface area contributed by atoms with Crippen molar-refractivity contribution in [1.82, 2.24) is 10.9 Å². The molecule has 13 heteroatoms. The highest BCUT2D eigenvalue weighted by atomic mass is 79.9. The molecule has 3 N–H and O–H groups in total. The van der Waals surface area contributed by atoms with E-state index in [1.807, 2.05) is 24.3 Å². The number of hydrogen-bond donors (Lipinski definition) is 3. The molecule has 5 rings (SSSR count). The number of ether oxygens (including phenoxy) is 2. The second-order valence-electron chi connectivity index (χ2n) is 10.7. The van der Waals surface area contributed by atoms with E-state index in [1.54, 1.807) is 48.5 Å². The van der Waals surface area contributed by atoms with Gasteiger partial charge in [0.05, 0.1) is 13.2 Å². The normalized spacial score (nSPS) is 16.9. The van der Waals surface area contributed by atoms with Gasteiger partial charge in [0.25, 0.3) is 5.91 Å². The van der Waals surface area contributed by atoms with Crippen LogP contribution in [0.15, 0.2) is 106 Å². The highest BCUT2D eigenvalue weighted by molar-refractivity contribution is 9.10. The molecular weight excluding hydrogens is 674 g/mol. The lowest BCUT2D eigenvalue weighted by atomic mass is 9.80. The fourth-order valence-electron chi connectivity index (χ4n) is 5.28. The summed E-state index contributed by atoms with van der Waals surface area (Å²) in [5.74, 6) is -1.25. The largest absolute Gasteiger partial charge is 0.494 e. The van der Waals surface area contributed by atoms with E-state index in [0.29, 0.717) is 35.5 Å². The number of carbonyl (C=O) groups excluding carboxylic acids is 1. The quantitative estimate of drug-likeness (QED) is 0.0445. The van der Waals surface area contributed by atoms with E-state index in [-0.39, 0.29) is 37.6 Å². The molecule has 47 heavy (non-hydrogen) atoms. The van der Waals surface area contributed by atoms with Gasteiger partial charge in [0.2, 0.25) is 5.90 Å². The Bertz CT molecular complexity index is 1780. The summed E-state index contributed by atoms with van der Waals surface area (Å²) in [7, 11) is 0. The molecule has 0 fully saturated rings. The first kappa shape index (κ1) is 33.6. The molecule has 4 aromatic carbocycles. The molecule has 2 atom stereocenters. The second-order valence-corrected chi connectivity index (χ2v) is 11.6. The number of hydrazine groups is 1. The van der Waals surface area contributed by atoms with Gasteiger partial charge in [-0.25, -0.2) is 19.2 Å². The standard InChI is InChI=1S/C34H31BrF2N6O4/c35-30-9-4-2-6-24(30)19-34(33(45)42-39-20-22-16-26(36)18-27(37)17-22)31(29-8-3-1-7-25(29)21-40-43-38)47-32(41-34)23-10-12-28(13-11-23)46-15-5-14-44/h1-4,6-13,16-18,31,39,44H,5,14-15,19-21H2,(H,42,45)/t31-,34-/m0/s1.